The van der Waals surface area contributed by atoms with Gasteiger partial charge in [-0.15, -0.1) is 0 Å². The predicted molar refractivity (Wildman–Crippen MR) is 104 cm³/mol. The molecule has 0 rings (SSSR count). The van der Waals surface area contributed by atoms with Gasteiger partial charge in [-0.2, -0.15) is 0 Å². The molecule has 0 aromatic carbocycles. The second-order valence-electron chi connectivity index (χ2n) is 7.04. The second kappa shape index (κ2) is 14.7. The van der Waals surface area contributed by atoms with Crippen molar-refractivity contribution in [3.8, 4) is 0 Å². The smallest absolute Gasteiger partial charge is 0.192 e. The van der Waals surface area contributed by atoms with Crippen LogP contribution in [0, 0.1) is 0 Å². The summed E-state index contributed by atoms with van der Waals surface area (Å²) < 4.78 is 6.80. The number of hydrogen-bond acceptors (Lipinski definition) is 1. The Labute approximate surface area is 142 Å². The number of rotatable bonds is 16. The van der Waals surface area contributed by atoms with Crippen LogP contribution in [0.15, 0.2) is 0 Å². The molecule has 0 saturated heterocycles. The quantitative estimate of drug-likeness (QED) is 0.208. The van der Waals surface area contributed by atoms with Crippen molar-refractivity contribution in [1.29, 1.82) is 0 Å². The maximum atomic E-state index is 6.80. The lowest BCUT2D eigenvalue weighted by atomic mass is 10.0. The Hall–Kier alpha value is 0.177. The summed E-state index contributed by atoms with van der Waals surface area (Å²) in [6.45, 7) is 11.7. The van der Waals surface area contributed by atoms with E-state index in [1.165, 1.54) is 88.8 Å². The lowest BCUT2D eigenvalue weighted by Crippen LogP contribution is -2.40. The highest BCUT2D eigenvalue weighted by molar-refractivity contribution is 6.73. The van der Waals surface area contributed by atoms with Crippen LogP contribution in [0.5, 0.6) is 0 Å². The molecule has 134 valence electrons. The Morgan fingerprint density at radius 3 is 1.50 bits per heavy atom. The SMILES string of the molecule is CCCCCCCCC(CCCCC)O[Si](CC)(CC)CC. The van der Waals surface area contributed by atoms with E-state index in [1.54, 1.807) is 0 Å². The molecule has 0 bridgehead atoms. The van der Waals surface area contributed by atoms with Gasteiger partial charge in [-0.25, -0.2) is 0 Å². The summed E-state index contributed by atoms with van der Waals surface area (Å²) in [6.07, 6.45) is 15.6. The monoisotopic (exact) mass is 328 g/mol. The van der Waals surface area contributed by atoms with E-state index in [4.69, 9.17) is 4.43 Å². The molecule has 0 aliphatic heterocycles. The Morgan fingerprint density at radius 2 is 1.00 bits per heavy atom. The first kappa shape index (κ1) is 22.2. The van der Waals surface area contributed by atoms with Gasteiger partial charge in [-0.1, -0.05) is 92.4 Å². The van der Waals surface area contributed by atoms with Crippen molar-refractivity contribution in [3.63, 3.8) is 0 Å². The van der Waals surface area contributed by atoms with E-state index >= 15 is 0 Å². The molecule has 22 heavy (non-hydrogen) atoms. The molecular formula is C20H44OSi. The maximum Gasteiger partial charge on any atom is 0.192 e. The van der Waals surface area contributed by atoms with Gasteiger partial charge < -0.3 is 4.43 Å². The number of unbranched alkanes of at least 4 members (excludes halogenated alkanes) is 7. The molecule has 1 atom stereocenters. The van der Waals surface area contributed by atoms with E-state index < -0.39 is 8.32 Å². The summed E-state index contributed by atoms with van der Waals surface area (Å²) in [5.41, 5.74) is 0. The van der Waals surface area contributed by atoms with Crippen molar-refractivity contribution in [1.82, 2.24) is 0 Å². The Kier molecular flexibility index (Phi) is 14.9. The van der Waals surface area contributed by atoms with Crippen molar-refractivity contribution in [2.75, 3.05) is 0 Å². The average Bonchev–Trinajstić information content (AvgIpc) is 2.55. The van der Waals surface area contributed by atoms with Crippen LogP contribution < -0.4 is 0 Å². The molecule has 0 aliphatic rings. The minimum atomic E-state index is -1.42. The Morgan fingerprint density at radius 1 is 0.591 bits per heavy atom. The molecule has 0 saturated carbocycles. The summed E-state index contributed by atoms with van der Waals surface area (Å²) in [5, 5.41) is 0. The van der Waals surface area contributed by atoms with E-state index in [0.717, 1.165) is 0 Å². The molecule has 0 radical (unpaired) electrons. The number of hydrogen-bond donors (Lipinski definition) is 0. The lowest BCUT2D eigenvalue weighted by molar-refractivity contribution is 0.159. The highest BCUT2D eigenvalue weighted by Gasteiger charge is 2.31. The van der Waals surface area contributed by atoms with Crippen LogP contribution >= 0.6 is 0 Å². The van der Waals surface area contributed by atoms with Crippen LogP contribution in [0.4, 0.5) is 0 Å². The fraction of sp³-hybridized carbons (Fsp3) is 1.00. The van der Waals surface area contributed by atoms with Gasteiger partial charge in [-0.3, -0.25) is 0 Å². The Bertz CT molecular complexity index is 217. The van der Waals surface area contributed by atoms with E-state index in [-0.39, 0.29) is 0 Å². The van der Waals surface area contributed by atoms with Gasteiger partial charge in [0, 0.05) is 6.10 Å². The minimum Gasteiger partial charge on any atom is -0.414 e. The van der Waals surface area contributed by atoms with Gasteiger partial charge in [-0.05, 0) is 31.0 Å². The van der Waals surface area contributed by atoms with Crippen LogP contribution in [0.25, 0.3) is 0 Å². The third kappa shape index (κ3) is 10.0. The maximum absolute atomic E-state index is 6.80. The standard InChI is InChI=1S/C20H44OSi/c1-6-11-13-14-15-17-19-20(18-16-12-7-2)21-22(8-3,9-4)10-5/h20H,6-19H2,1-5H3. The fourth-order valence-electron chi connectivity index (χ4n) is 3.39. The molecular weight excluding hydrogens is 284 g/mol. The molecule has 0 spiro atoms. The van der Waals surface area contributed by atoms with Gasteiger partial charge >= 0.3 is 0 Å². The summed E-state index contributed by atoms with van der Waals surface area (Å²) in [6, 6.07) is 3.88. The normalized spacial score (nSPS) is 13.5. The van der Waals surface area contributed by atoms with Gasteiger partial charge in [0.1, 0.15) is 0 Å². The topological polar surface area (TPSA) is 9.23 Å². The minimum absolute atomic E-state index is 0.559. The lowest BCUT2D eigenvalue weighted by Gasteiger charge is -2.33. The van der Waals surface area contributed by atoms with Gasteiger partial charge in [0.25, 0.3) is 0 Å². The summed E-state index contributed by atoms with van der Waals surface area (Å²) >= 11 is 0. The van der Waals surface area contributed by atoms with E-state index in [2.05, 4.69) is 34.6 Å². The molecule has 0 heterocycles. The van der Waals surface area contributed by atoms with Crippen molar-refractivity contribution in [3.05, 3.63) is 0 Å². The zero-order chi connectivity index (χ0) is 16.7. The van der Waals surface area contributed by atoms with E-state index in [1.807, 2.05) is 0 Å². The predicted octanol–water partition coefficient (Wildman–Crippen LogP) is 7.71. The molecule has 0 fully saturated rings. The van der Waals surface area contributed by atoms with Crippen molar-refractivity contribution >= 4 is 8.32 Å². The summed E-state index contributed by atoms with van der Waals surface area (Å²) in [4.78, 5) is 0. The van der Waals surface area contributed by atoms with Gasteiger partial charge in [0.15, 0.2) is 8.32 Å². The molecule has 0 aliphatic carbocycles. The highest BCUT2D eigenvalue weighted by atomic mass is 28.4. The first-order valence-corrected chi connectivity index (χ1v) is 12.9. The van der Waals surface area contributed by atoms with Crippen LogP contribution in [-0.2, 0) is 4.43 Å². The summed E-state index contributed by atoms with van der Waals surface area (Å²) in [7, 11) is -1.42. The molecule has 1 unspecified atom stereocenters. The third-order valence-electron chi connectivity index (χ3n) is 5.36. The zero-order valence-electron chi connectivity index (χ0n) is 16.4. The van der Waals surface area contributed by atoms with Crippen LogP contribution in [0.3, 0.4) is 0 Å². The molecule has 0 aromatic heterocycles. The molecule has 0 amide bonds. The largest absolute Gasteiger partial charge is 0.414 e. The van der Waals surface area contributed by atoms with Crippen molar-refractivity contribution in [2.45, 2.75) is 129 Å². The van der Waals surface area contributed by atoms with E-state index in [0.29, 0.717) is 6.10 Å². The fourth-order valence-corrected chi connectivity index (χ4v) is 6.33. The molecule has 0 aromatic rings. The van der Waals surface area contributed by atoms with Crippen LogP contribution in [0.1, 0.15) is 105 Å². The first-order chi connectivity index (χ1) is 10.7. The molecule has 2 heteroatoms. The Balaban J connectivity index is 4.23. The molecule has 1 nitrogen and oxygen atoms in total. The third-order valence-corrected chi connectivity index (χ3v) is 10.1. The van der Waals surface area contributed by atoms with Gasteiger partial charge in [0.2, 0.25) is 0 Å². The van der Waals surface area contributed by atoms with E-state index in [9.17, 15) is 0 Å². The van der Waals surface area contributed by atoms with Gasteiger partial charge in [0.05, 0.1) is 0 Å². The van der Waals surface area contributed by atoms with Crippen LogP contribution in [-0.4, -0.2) is 14.4 Å². The second-order valence-corrected chi connectivity index (χ2v) is 11.8. The zero-order valence-corrected chi connectivity index (χ0v) is 17.4. The van der Waals surface area contributed by atoms with Crippen molar-refractivity contribution < 1.29 is 4.43 Å². The molecule has 0 N–H and O–H groups in total. The average molecular weight is 329 g/mol. The van der Waals surface area contributed by atoms with Crippen molar-refractivity contribution in [2.24, 2.45) is 0 Å². The summed E-state index contributed by atoms with van der Waals surface area (Å²) in [5.74, 6) is 0. The first-order valence-electron chi connectivity index (χ1n) is 10.4. The highest BCUT2D eigenvalue weighted by Crippen LogP contribution is 2.27. The van der Waals surface area contributed by atoms with Crippen LogP contribution in [0.2, 0.25) is 18.1 Å².